The van der Waals surface area contributed by atoms with E-state index in [1.807, 2.05) is 6.92 Å². The minimum Gasteiger partial charge on any atom is -0.378 e. The van der Waals surface area contributed by atoms with Crippen molar-refractivity contribution in [1.82, 2.24) is 10.2 Å². The van der Waals surface area contributed by atoms with Crippen LogP contribution in [0.5, 0.6) is 0 Å². The van der Waals surface area contributed by atoms with Crippen LogP contribution in [-0.2, 0) is 9.53 Å². The van der Waals surface area contributed by atoms with E-state index in [0.717, 1.165) is 19.4 Å². The number of hydrogen-bond acceptors (Lipinski definition) is 6. The summed E-state index contributed by atoms with van der Waals surface area (Å²) in [5.74, 6) is 0.401. The number of anilines is 2. The summed E-state index contributed by atoms with van der Waals surface area (Å²) >= 11 is 1.18. The van der Waals surface area contributed by atoms with E-state index >= 15 is 0 Å². The van der Waals surface area contributed by atoms with Crippen LogP contribution in [0.2, 0.25) is 0 Å². The van der Waals surface area contributed by atoms with Crippen molar-refractivity contribution in [2.45, 2.75) is 32.3 Å². The van der Waals surface area contributed by atoms with Crippen molar-refractivity contribution >= 4 is 27.5 Å². The summed E-state index contributed by atoms with van der Waals surface area (Å²) in [5.41, 5.74) is 5.42. The standard InChI is InChI=1S/C10H16N4O2S/c1-2-16-7-3-6(4-7)5-8(15)12-10-14-13-9(11)17-10/h6-7H,2-5H2,1H3,(H2,11,13)(H,12,14,15). The minimum atomic E-state index is -0.0268. The highest BCUT2D eigenvalue weighted by atomic mass is 32.1. The molecule has 17 heavy (non-hydrogen) atoms. The number of hydrogen-bond donors (Lipinski definition) is 2. The molecular formula is C10H16N4O2S. The normalized spacial score (nSPS) is 23.1. The number of nitrogens with zero attached hydrogens (tertiary/aromatic N) is 2. The average Bonchev–Trinajstić information content (AvgIpc) is 2.61. The molecule has 1 aliphatic rings. The highest BCUT2D eigenvalue weighted by Crippen LogP contribution is 2.33. The molecule has 0 aliphatic heterocycles. The summed E-state index contributed by atoms with van der Waals surface area (Å²) in [6, 6.07) is 0. The molecule has 0 aromatic carbocycles. The van der Waals surface area contributed by atoms with Crippen LogP contribution in [0.15, 0.2) is 0 Å². The fraction of sp³-hybridized carbons (Fsp3) is 0.700. The topological polar surface area (TPSA) is 90.1 Å². The van der Waals surface area contributed by atoms with E-state index in [1.54, 1.807) is 0 Å². The Morgan fingerprint density at radius 3 is 2.94 bits per heavy atom. The fourth-order valence-corrected chi connectivity index (χ4v) is 2.46. The van der Waals surface area contributed by atoms with E-state index in [9.17, 15) is 4.79 Å². The van der Waals surface area contributed by atoms with Crippen molar-refractivity contribution in [2.75, 3.05) is 17.7 Å². The van der Waals surface area contributed by atoms with Gasteiger partial charge in [-0.25, -0.2) is 0 Å². The Bertz CT molecular complexity index is 389. The van der Waals surface area contributed by atoms with Gasteiger partial charge < -0.3 is 15.8 Å². The number of aromatic nitrogens is 2. The molecule has 1 heterocycles. The second-order valence-corrected chi connectivity index (χ2v) is 5.12. The second kappa shape index (κ2) is 5.42. The van der Waals surface area contributed by atoms with Crippen LogP contribution in [-0.4, -0.2) is 28.8 Å². The summed E-state index contributed by atoms with van der Waals surface area (Å²) in [5, 5.41) is 10.9. The molecule has 0 radical (unpaired) electrons. The molecule has 1 aliphatic carbocycles. The molecule has 0 atom stereocenters. The van der Waals surface area contributed by atoms with Gasteiger partial charge in [0.2, 0.25) is 16.2 Å². The maximum atomic E-state index is 11.6. The lowest BCUT2D eigenvalue weighted by Crippen LogP contribution is -2.33. The molecule has 1 saturated carbocycles. The van der Waals surface area contributed by atoms with Crippen LogP contribution >= 0.6 is 11.3 Å². The van der Waals surface area contributed by atoms with E-state index < -0.39 is 0 Å². The first-order valence-electron chi connectivity index (χ1n) is 5.67. The summed E-state index contributed by atoms with van der Waals surface area (Å²) in [7, 11) is 0. The van der Waals surface area contributed by atoms with E-state index in [2.05, 4.69) is 15.5 Å². The highest BCUT2D eigenvalue weighted by molar-refractivity contribution is 7.18. The summed E-state index contributed by atoms with van der Waals surface area (Å²) < 4.78 is 5.44. The maximum Gasteiger partial charge on any atom is 0.226 e. The number of carbonyl (C=O) groups is 1. The van der Waals surface area contributed by atoms with E-state index in [-0.39, 0.29) is 5.91 Å². The Hall–Kier alpha value is -1.21. The molecular weight excluding hydrogens is 240 g/mol. The quantitative estimate of drug-likeness (QED) is 0.827. The van der Waals surface area contributed by atoms with E-state index in [1.165, 1.54) is 11.3 Å². The molecule has 1 fully saturated rings. The van der Waals surface area contributed by atoms with Gasteiger partial charge >= 0.3 is 0 Å². The van der Waals surface area contributed by atoms with Crippen LogP contribution in [0.1, 0.15) is 26.2 Å². The number of nitrogen functional groups attached to an aromatic ring is 1. The average molecular weight is 256 g/mol. The molecule has 6 nitrogen and oxygen atoms in total. The van der Waals surface area contributed by atoms with Crippen molar-refractivity contribution in [3.63, 3.8) is 0 Å². The van der Waals surface area contributed by atoms with Gasteiger partial charge in [-0.3, -0.25) is 4.79 Å². The first kappa shape index (κ1) is 12.3. The van der Waals surface area contributed by atoms with Crippen LogP contribution < -0.4 is 11.1 Å². The Morgan fingerprint density at radius 1 is 1.59 bits per heavy atom. The molecule has 3 N–H and O–H groups in total. The summed E-state index contributed by atoms with van der Waals surface area (Å²) in [6.07, 6.45) is 2.80. The lowest BCUT2D eigenvalue weighted by Gasteiger charge is -2.34. The van der Waals surface area contributed by atoms with Gasteiger partial charge in [-0.15, -0.1) is 10.2 Å². The van der Waals surface area contributed by atoms with Crippen LogP contribution in [0.25, 0.3) is 0 Å². The smallest absolute Gasteiger partial charge is 0.226 e. The van der Waals surface area contributed by atoms with Crippen molar-refractivity contribution in [1.29, 1.82) is 0 Å². The highest BCUT2D eigenvalue weighted by Gasteiger charge is 2.31. The molecule has 0 saturated heterocycles. The van der Waals surface area contributed by atoms with E-state index in [0.29, 0.717) is 28.7 Å². The SMILES string of the molecule is CCOC1CC(CC(=O)Nc2nnc(N)s2)C1. The molecule has 1 aromatic rings. The number of nitrogens with two attached hydrogens (primary N) is 1. The first-order valence-corrected chi connectivity index (χ1v) is 6.49. The zero-order chi connectivity index (χ0) is 12.3. The van der Waals surface area contributed by atoms with Gasteiger partial charge in [-0.2, -0.15) is 0 Å². The van der Waals surface area contributed by atoms with E-state index in [4.69, 9.17) is 10.5 Å². The molecule has 7 heteroatoms. The van der Waals surface area contributed by atoms with Gasteiger partial charge in [-0.05, 0) is 25.7 Å². The van der Waals surface area contributed by atoms with Crippen LogP contribution in [0, 0.1) is 5.92 Å². The molecule has 1 aromatic heterocycles. The zero-order valence-corrected chi connectivity index (χ0v) is 10.5. The Balaban J connectivity index is 1.69. The van der Waals surface area contributed by atoms with Gasteiger partial charge in [0.15, 0.2) is 0 Å². The molecule has 0 spiro atoms. The number of nitrogens with one attached hydrogen (secondary N) is 1. The van der Waals surface area contributed by atoms with Gasteiger partial charge in [0.05, 0.1) is 6.10 Å². The summed E-state index contributed by atoms with van der Waals surface area (Å²) in [6.45, 7) is 2.73. The number of ether oxygens (including phenoxy) is 1. The number of amides is 1. The number of carbonyl (C=O) groups excluding carboxylic acids is 1. The van der Waals surface area contributed by atoms with Crippen molar-refractivity contribution in [2.24, 2.45) is 5.92 Å². The monoisotopic (exact) mass is 256 g/mol. The summed E-state index contributed by atoms with van der Waals surface area (Å²) in [4.78, 5) is 11.6. The predicted molar refractivity (Wildman–Crippen MR) is 65.7 cm³/mol. The minimum absolute atomic E-state index is 0.0268. The van der Waals surface area contributed by atoms with Gasteiger partial charge in [0, 0.05) is 13.0 Å². The molecule has 94 valence electrons. The third kappa shape index (κ3) is 3.37. The molecule has 0 unspecified atom stereocenters. The van der Waals surface area contributed by atoms with Crippen molar-refractivity contribution < 1.29 is 9.53 Å². The number of rotatable bonds is 5. The largest absolute Gasteiger partial charge is 0.378 e. The van der Waals surface area contributed by atoms with Gasteiger partial charge in [0.1, 0.15) is 0 Å². The lowest BCUT2D eigenvalue weighted by molar-refractivity contribution is -0.119. The third-order valence-electron chi connectivity index (χ3n) is 2.76. The van der Waals surface area contributed by atoms with Crippen molar-refractivity contribution in [3.8, 4) is 0 Å². The predicted octanol–water partition coefficient (Wildman–Crippen LogP) is 1.26. The molecule has 1 amide bonds. The third-order valence-corrected chi connectivity index (χ3v) is 3.42. The second-order valence-electron chi connectivity index (χ2n) is 4.11. The zero-order valence-electron chi connectivity index (χ0n) is 9.68. The first-order chi connectivity index (χ1) is 8.17. The molecule has 2 rings (SSSR count). The fourth-order valence-electron chi connectivity index (χ4n) is 1.93. The molecule has 0 bridgehead atoms. The van der Waals surface area contributed by atoms with Crippen LogP contribution in [0.4, 0.5) is 10.3 Å². The Labute approximate surface area is 104 Å². The Morgan fingerprint density at radius 2 is 2.35 bits per heavy atom. The van der Waals surface area contributed by atoms with Crippen molar-refractivity contribution in [3.05, 3.63) is 0 Å². The van der Waals surface area contributed by atoms with Gasteiger partial charge in [-0.1, -0.05) is 11.3 Å². The lowest BCUT2D eigenvalue weighted by atomic mass is 9.80. The Kier molecular flexibility index (Phi) is 3.90. The van der Waals surface area contributed by atoms with Crippen LogP contribution in [0.3, 0.4) is 0 Å². The maximum absolute atomic E-state index is 11.6. The van der Waals surface area contributed by atoms with Gasteiger partial charge in [0.25, 0.3) is 0 Å².